The van der Waals surface area contributed by atoms with Crippen LogP contribution in [0, 0.1) is 0 Å². The first kappa shape index (κ1) is 14.4. The van der Waals surface area contributed by atoms with E-state index < -0.39 is 0 Å². The molecule has 21 heavy (non-hydrogen) atoms. The van der Waals surface area contributed by atoms with Crippen LogP contribution < -0.4 is 10.2 Å². The normalized spacial score (nSPS) is 14.6. The van der Waals surface area contributed by atoms with E-state index in [2.05, 4.69) is 40.5 Å². The molecule has 0 bridgehead atoms. The average Bonchev–Trinajstić information content (AvgIpc) is 3.04. The molecule has 2 aromatic rings. The summed E-state index contributed by atoms with van der Waals surface area (Å²) in [5.74, 6) is 0. The van der Waals surface area contributed by atoms with Crippen LogP contribution in [-0.2, 0) is 13.1 Å². The van der Waals surface area contributed by atoms with Crippen molar-refractivity contribution < 1.29 is 0 Å². The molecule has 0 amide bonds. The van der Waals surface area contributed by atoms with Crippen LogP contribution in [0.25, 0.3) is 0 Å². The summed E-state index contributed by atoms with van der Waals surface area (Å²) in [5, 5.41) is 4.34. The van der Waals surface area contributed by atoms with Gasteiger partial charge in [0.25, 0.3) is 0 Å². The van der Waals surface area contributed by atoms with E-state index in [-0.39, 0.29) is 0 Å². The number of hydrogen-bond donors (Lipinski definition) is 1. The van der Waals surface area contributed by atoms with E-state index in [0.29, 0.717) is 0 Å². The van der Waals surface area contributed by atoms with Crippen molar-refractivity contribution in [2.45, 2.75) is 25.9 Å². The molecule has 2 nitrogen and oxygen atoms in total. The van der Waals surface area contributed by atoms with Gasteiger partial charge < -0.3 is 10.2 Å². The third kappa shape index (κ3) is 3.58. The van der Waals surface area contributed by atoms with Crippen molar-refractivity contribution in [3.05, 3.63) is 64.7 Å². The Morgan fingerprint density at radius 3 is 2.24 bits per heavy atom. The second-order valence-electron chi connectivity index (χ2n) is 5.52. The molecule has 1 aliphatic heterocycles. The lowest BCUT2D eigenvalue weighted by Crippen LogP contribution is -2.21. The smallest absolute Gasteiger partial charge is 0.0450 e. The third-order valence-corrected chi connectivity index (χ3v) is 4.40. The van der Waals surface area contributed by atoms with Gasteiger partial charge in [-0.05, 0) is 36.1 Å². The fourth-order valence-electron chi connectivity index (χ4n) is 2.90. The Morgan fingerprint density at radius 1 is 0.857 bits per heavy atom. The predicted molar refractivity (Wildman–Crippen MR) is 89.9 cm³/mol. The van der Waals surface area contributed by atoms with Crippen molar-refractivity contribution >= 4 is 17.3 Å². The molecule has 3 heteroatoms. The van der Waals surface area contributed by atoms with Crippen LogP contribution >= 0.6 is 11.6 Å². The zero-order valence-electron chi connectivity index (χ0n) is 12.2. The Hall–Kier alpha value is -1.51. The lowest BCUT2D eigenvalue weighted by atomic mass is 10.1. The van der Waals surface area contributed by atoms with Crippen LogP contribution in [0.5, 0.6) is 0 Å². The highest BCUT2D eigenvalue weighted by atomic mass is 35.5. The zero-order chi connectivity index (χ0) is 14.5. The number of hydrogen-bond acceptors (Lipinski definition) is 2. The SMILES string of the molecule is Clc1ccccc1CNCc1ccccc1N1CCCC1. The van der Waals surface area contributed by atoms with Gasteiger partial charge in [0.05, 0.1) is 0 Å². The average molecular weight is 301 g/mol. The minimum atomic E-state index is 0.800. The van der Waals surface area contributed by atoms with Crippen molar-refractivity contribution in [2.24, 2.45) is 0 Å². The first-order valence-corrected chi connectivity index (χ1v) is 7.99. The molecule has 1 aliphatic rings. The number of halogens is 1. The number of benzene rings is 2. The summed E-state index contributed by atoms with van der Waals surface area (Å²) < 4.78 is 0. The van der Waals surface area contributed by atoms with Gasteiger partial charge in [-0.2, -0.15) is 0 Å². The van der Waals surface area contributed by atoms with Gasteiger partial charge in [0.2, 0.25) is 0 Å². The number of nitrogens with one attached hydrogen (secondary N) is 1. The van der Waals surface area contributed by atoms with Crippen LogP contribution in [0.4, 0.5) is 5.69 Å². The van der Waals surface area contributed by atoms with E-state index in [9.17, 15) is 0 Å². The molecule has 0 unspecified atom stereocenters. The Kier molecular flexibility index (Phi) is 4.79. The summed E-state index contributed by atoms with van der Waals surface area (Å²) in [7, 11) is 0. The van der Waals surface area contributed by atoms with Gasteiger partial charge in [0.15, 0.2) is 0 Å². The highest BCUT2D eigenvalue weighted by molar-refractivity contribution is 6.31. The molecule has 0 saturated carbocycles. The molecule has 1 fully saturated rings. The van der Waals surface area contributed by atoms with Crippen molar-refractivity contribution in [3.63, 3.8) is 0 Å². The van der Waals surface area contributed by atoms with E-state index in [1.54, 1.807) is 0 Å². The maximum absolute atomic E-state index is 6.19. The molecule has 3 rings (SSSR count). The number of anilines is 1. The number of para-hydroxylation sites is 1. The third-order valence-electron chi connectivity index (χ3n) is 4.03. The first-order chi connectivity index (χ1) is 10.3. The minimum absolute atomic E-state index is 0.800. The summed E-state index contributed by atoms with van der Waals surface area (Å²) >= 11 is 6.19. The quantitative estimate of drug-likeness (QED) is 0.889. The Bertz CT molecular complexity index is 591. The van der Waals surface area contributed by atoms with Gasteiger partial charge in [-0.1, -0.05) is 48.0 Å². The van der Waals surface area contributed by atoms with E-state index in [0.717, 1.165) is 23.7 Å². The molecule has 0 radical (unpaired) electrons. The van der Waals surface area contributed by atoms with Gasteiger partial charge in [0.1, 0.15) is 0 Å². The van der Waals surface area contributed by atoms with E-state index in [1.165, 1.54) is 37.2 Å². The maximum Gasteiger partial charge on any atom is 0.0450 e. The molecule has 2 aromatic carbocycles. The molecule has 0 atom stereocenters. The number of rotatable bonds is 5. The van der Waals surface area contributed by atoms with E-state index in [4.69, 9.17) is 11.6 Å². The van der Waals surface area contributed by atoms with Crippen LogP contribution in [0.1, 0.15) is 24.0 Å². The molecular formula is C18H21ClN2. The minimum Gasteiger partial charge on any atom is -0.371 e. The summed E-state index contributed by atoms with van der Waals surface area (Å²) in [6.07, 6.45) is 2.61. The van der Waals surface area contributed by atoms with Crippen LogP contribution in [0.15, 0.2) is 48.5 Å². The standard InChI is InChI=1S/C18H21ClN2/c19-17-9-3-1-7-15(17)13-20-14-16-8-2-4-10-18(16)21-11-5-6-12-21/h1-4,7-10,20H,5-6,11-14H2. The van der Waals surface area contributed by atoms with Gasteiger partial charge in [0, 0.05) is 36.9 Å². The molecule has 1 N–H and O–H groups in total. The van der Waals surface area contributed by atoms with Crippen LogP contribution in [-0.4, -0.2) is 13.1 Å². The second kappa shape index (κ2) is 6.97. The molecular weight excluding hydrogens is 280 g/mol. The fraction of sp³-hybridized carbons (Fsp3) is 0.333. The second-order valence-corrected chi connectivity index (χ2v) is 5.93. The van der Waals surface area contributed by atoms with Crippen molar-refractivity contribution in [3.8, 4) is 0 Å². The zero-order valence-corrected chi connectivity index (χ0v) is 12.9. The summed E-state index contributed by atoms with van der Waals surface area (Å²) in [6.45, 7) is 4.04. The van der Waals surface area contributed by atoms with Crippen LogP contribution in [0.2, 0.25) is 5.02 Å². The van der Waals surface area contributed by atoms with Crippen molar-refractivity contribution in [1.82, 2.24) is 5.32 Å². The predicted octanol–water partition coefficient (Wildman–Crippen LogP) is 4.23. The van der Waals surface area contributed by atoms with Gasteiger partial charge in [-0.3, -0.25) is 0 Å². The lowest BCUT2D eigenvalue weighted by molar-refractivity contribution is 0.691. The van der Waals surface area contributed by atoms with Crippen LogP contribution in [0.3, 0.4) is 0 Å². The number of nitrogens with zero attached hydrogens (tertiary/aromatic N) is 1. The largest absolute Gasteiger partial charge is 0.371 e. The van der Waals surface area contributed by atoms with Gasteiger partial charge >= 0.3 is 0 Å². The Labute approximate surface area is 131 Å². The van der Waals surface area contributed by atoms with Gasteiger partial charge in [-0.25, -0.2) is 0 Å². The topological polar surface area (TPSA) is 15.3 Å². The molecule has 1 saturated heterocycles. The molecule has 0 aliphatic carbocycles. The van der Waals surface area contributed by atoms with Crippen molar-refractivity contribution in [2.75, 3.05) is 18.0 Å². The maximum atomic E-state index is 6.19. The Balaban J connectivity index is 1.64. The summed E-state index contributed by atoms with van der Waals surface area (Å²) in [5.41, 5.74) is 3.89. The fourth-order valence-corrected chi connectivity index (χ4v) is 3.10. The molecule has 0 aromatic heterocycles. The van der Waals surface area contributed by atoms with E-state index in [1.807, 2.05) is 18.2 Å². The monoisotopic (exact) mass is 300 g/mol. The van der Waals surface area contributed by atoms with Crippen molar-refractivity contribution in [1.29, 1.82) is 0 Å². The summed E-state index contributed by atoms with van der Waals surface area (Å²) in [6, 6.07) is 16.7. The summed E-state index contributed by atoms with van der Waals surface area (Å²) in [4.78, 5) is 2.49. The highest BCUT2D eigenvalue weighted by Crippen LogP contribution is 2.24. The lowest BCUT2D eigenvalue weighted by Gasteiger charge is -2.21. The van der Waals surface area contributed by atoms with E-state index >= 15 is 0 Å². The highest BCUT2D eigenvalue weighted by Gasteiger charge is 2.14. The molecule has 0 spiro atoms. The Morgan fingerprint density at radius 2 is 1.48 bits per heavy atom. The molecule has 1 heterocycles. The first-order valence-electron chi connectivity index (χ1n) is 7.61. The van der Waals surface area contributed by atoms with Gasteiger partial charge in [-0.15, -0.1) is 0 Å². The molecule has 110 valence electrons.